The van der Waals surface area contributed by atoms with Crippen LogP contribution in [-0.4, -0.2) is 22.7 Å². The number of nitrogens with zero attached hydrogens (tertiary/aromatic N) is 2. The van der Waals surface area contributed by atoms with Crippen molar-refractivity contribution in [2.24, 2.45) is 0 Å². The van der Waals surface area contributed by atoms with E-state index in [2.05, 4.69) is 27.3 Å². The minimum Gasteiger partial charge on any atom is -0.494 e. The van der Waals surface area contributed by atoms with Crippen LogP contribution in [0.4, 0.5) is 5.69 Å². The Hall–Kier alpha value is -3.60. The Morgan fingerprint density at radius 3 is 2.39 bits per heavy atom. The number of rotatable bonds is 8. The SMILES string of the molecule is CCOc1ccc(-c2cc(-c3ccccc3)c(C#N)c(SC(C)C(=O)Nc3ccc(Br)cc3)n2)cc1. The van der Waals surface area contributed by atoms with Gasteiger partial charge in [-0.1, -0.05) is 58.0 Å². The van der Waals surface area contributed by atoms with Crippen molar-refractivity contribution in [3.05, 3.63) is 95.0 Å². The molecule has 1 atom stereocenters. The molecule has 0 radical (unpaired) electrons. The number of hydrogen-bond donors (Lipinski definition) is 1. The molecule has 0 aliphatic heterocycles. The van der Waals surface area contributed by atoms with E-state index >= 15 is 0 Å². The summed E-state index contributed by atoms with van der Waals surface area (Å²) in [5, 5.41) is 13.1. The molecule has 5 nitrogen and oxygen atoms in total. The fourth-order valence-corrected chi connectivity index (χ4v) is 4.78. The number of amides is 1. The minimum absolute atomic E-state index is 0.166. The van der Waals surface area contributed by atoms with Gasteiger partial charge >= 0.3 is 0 Å². The molecule has 3 aromatic carbocycles. The Morgan fingerprint density at radius 2 is 1.75 bits per heavy atom. The van der Waals surface area contributed by atoms with Crippen LogP contribution in [0.3, 0.4) is 0 Å². The molecule has 4 rings (SSSR count). The highest BCUT2D eigenvalue weighted by atomic mass is 79.9. The van der Waals surface area contributed by atoms with Gasteiger partial charge in [0.25, 0.3) is 0 Å². The fourth-order valence-electron chi connectivity index (χ4n) is 3.59. The molecule has 180 valence electrons. The zero-order valence-corrected chi connectivity index (χ0v) is 22.3. The van der Waals surface area contributed by atoms with Crippen LogP contribution < -0.4 is 10.1 Å². The van der Waals surface area contributed by atoms with Crippen molar-refractivity contribution in [1.29, 1.82) is 5.26 Å². The first-order chi connectivity index (χ1) is 17.5. The van der Waals surface area contributed by atoms with Crippen LogP contribution >= 0.6 is 27.7 Å². The molecule has 4 aromatic rings. The van der Waals surface area contributed by atoms with E-state index in [1.165, 1.54) is 11.8 Å². The molecule has 0 spiro atoms. The van der Waals surface area contributed by atoms with E-state index in [1.807, 2.05) is 98.8 Å². The molecule has 0 aliphatic carbocycles. The summed E-state index contributed by atoms with van der Waals surface area (Å²) in [6.45, 7) is 4.35. The lowest BCUT2D eigenvalue weighted by atomic mass is 9.99. The summed E-state index contributed by atoms with van der Waals surface area (Å²) in [7, 11) is 0. The molecule has 0 aliphatic rings. The third-order valence-corrected chi connectivity index (χ3v) is 7.03. The summed E-state index contributed by atoms with van der Waals surface area (Å²) < 4.78 is 6.51. The number of thioether (sulfide) groups is 1. The van der Waals surface area contributed by atoms with Gasteiger partial charge in [-0.25, -0.2) is 4.98 Å². The van der Waals surface area contributed by atoms with Gasteiger partial charge in [-0.2, -0.15) is 5.26 Å². The van der Waals surface area contributed by atoms with Crippen molar-refractivity contribution in [2.75, 3.05) is 11.9 Å². The number of carbonyl (C=O) groups excluding carboxylic acids is 1. The number of carbonyl (C=O) groups is 1. The highest BCUT2D eigenvalue weighted by Gasteiger charge is 2.21. The first-order valence-electron chi connectivity index (χ1n) is 11.5. The Kier molecular flexibility index (Phi) is 8.42. The summed E-state index contributed by atoms with van der Waals surface area (Å²) in [6, 6.07) is 29.1. The van der Waals surface area contributed by atoms with Crippen LogP contribution in [0, 0.1) is 11.3 Å². The number of pyridine rings is 1. The summed E-state index contributed by atoms with van der Waals surface area (Å²) in [5.74, 6) is 0.617. The van der Waals surface area contributed by atoms with E-state index in [-0.39, 0.29) is 5.91 Å². The second-order valence-corrected chi connectivity index (χ2v) is 10.2. The lowest BCUT2D eigenvalue weighted by molar-refractivity contribution is -0.115. The quantitative estimate of drug-likeness (QED) is 0.226. The number of ether oxygens (including phenoxy) is 1. The van der Waals surface area contributed by atoms with E-state index in [9.17, 15) is 10.1 Å². The summed E-state index contributed by atoms with van der Waals surface area (Å²) in [4.78, 5) is 17.8. The Labute approximate surface area is 223 Å². The topological polar surface area (TPSA) is 75.0 Å². The van der Waals surface area contributed by atoms with Crippen LogP contribution in [0.15, 0.2) is 94.4 Å². The van der Waals surface area contributed by atoms with Crippen molar-refractivity contribution >= 4 is 39.3 Å². The van der Waals surface area contributed by atoms with Gasteiger partial charge in [-0.3, -0.25) is 4.79 Å². The second kappa shape index (κ2) is 11.9. The predicted octanol–water partition coefficient (Wildman–Crippen LogP) is 7.57. The van der Waals surface area contributed by atoms with Gasteiger partial charge in [0, 0.05) is 21.3 Å². The molecule has 1 amide bonds. The average molecular weight is 559 g/mol. The molecule has 0 saturated heterocycles. The number of hydrogen-bond acceptors (Lipinski definition) is 5. The Balaban J connectivity index is 1.71. The third kappa shape index (κ3) is 6.14. The lowest BCUT2D eigenvalue weighted by Gasteiger charge is -2.16. The monoisotopic (exact) mass is 557 g/mol. The number of anilines is 1. The van der Waals surface area contributed by atoms with Gasteiger partial charge < -0.3 is 10.1 Å². The van der Waals surface area contributed by atoms with Gasteiger partial charge in [-0.05, 0) is 74.0 Å². The van der Waals surface area contributed by atoms with Gasteiger partial charge in [-0.15, -0.1) is 0 Å². The summed E-state index contributed by atoms with van der Waals surface area (Å²) in [6.07, 6.45) is 0. The summed E-state index contributed by atoms with van der Waals surface area (Å²) >= 11 is 4.68. The molecule has 0 saturated carbocycles. The van der Waals surface area contributed by atoms with Crippen molar-refractivity contribution in [2.45, 2.75) is 24.1 Å². The first kappa shape index (κ1) is 25.5. The lowest BCUT2D eigenvalue weighted by Crippen LogP contribution is -2.22. The molecule has 36 heavy (non-hydrogen) atoms. The van der Waals surface area contributed by atoms with Crippen LogP contribution in [0.25, 0.3) is 22.4 Å². The van der Waals surface area contributed by atoms with Crippen LogP contribution in [0.5, 0.6) is 5.75 Å². The van der Waals surface area contributed by atoms with Gasteiger partial charge in [0.2, 0.25) is 5.91 Å². The van der Waals surface area contributed by atoms with Gasteiger partial charge in [0.05, 0.1) is 23.1 Å². The number of halogens is 1. The molecule has 1 heterocycles. The molecule has 0 bridgehead atoms. The van der Waals surface area contributed by atoms with Gasteiger partial charge in [0.15, 0.2) is 0 Å². The van der Waals surface area contributed by atoms with E-state index in [0.717, 1.165) is 32.6 Å². The van der Waals surface area contributed by atoms with Crippen molar-refractivity contribution in [3.63, 3.8) is 0 Å². The largest absolute Gasteiger partial charge is 0.494 e. The maximum absolute atomic E-state index is 12.9. The van der Waals surface area contributed by atoms with Crippen molar-refractivity contribution < 1.29 is 9.53 Å². The molecule has 0 fully saturated rings. The summed E-state index contributed by atoms with van der Waals surface area (Å²) in [5.41, 5.74) is 4.46. The maximum Gasteiger partial charge on any atom is 0.237 e. The molecule has 7 heteroatoms. The highest BCUT2D eigenvalue weighted by Crippen LogP contribution is 2.36. The second-order valence-electron chi connectivity index (χ2n) is 7.93. The van der Waals surface area contributed by atoms with Crippen molar-refractivity contribution in [3.8, 4) is 34.2 Å². The van der Waals surface area contributed by atoms with Crippen LogP contribution in [-0.2, 0) is 4.79 Å². The van der Waals surface area contributed by atoms with Crippen molar-refractivity contribution in [1.82, 2.24) is 4.98 Å². The normalized spacial score (nSPS) is 11.4. The molecular weight excluding hydrogens is 534 g/mol. The number of benzene rings is 3. The maximum atomic E-state index is 12.9. The standard InChI is InChI=1S/C29H24BrN3O2S/c1-3-35-24-15-9-21(10-16-24)27-17-25(20-7-5-4-6-8-20)26(18-31)29(33-27)36-19(2)28(34)32-23-13-11-22(30)12-14-23/h4-17,19H,3H2,1-2H3,(H,32,34). The molecule has 1 N–H and O–H groups in total. The van der Waals surface area contributed by atoms with Crippen LogP contribution in [0.1, 0.15) is 19.4 Å². The highest BCUT2D eigenvalue weighted by molar-refractivity contribution is 9.10. The Bertz CT molecular complexity index is 1390. The smallest absolute Gasteiger partial charge is 0.237 e. The Morgan fingerprint density at radius 1 is 1.06 bits per heavy atom. The molecule has 1 aromatic heterocycles. The van der Waals surface area contributed by atoms with Gasteiger partial charge in [0.1, 0.15) is 16.8 Å². The molecular formula is C29H24BrN3O2S. The average Bonchev–Trinajstić information content (AvgIpc) is 2.90. The van der Waals surface area contributed by atoms with Crippen LogP contribution in [0.2, 0.25) is 0 Å². The predicted molar refractivity (Wildman–Crippen MR) is 149 cm³/mol. The van der Waals surface area contributed by atoms with E-state index < -0.39 is 5.25 Å². The minimum atomic E-state index is -0.479. The zero-order valence-electron chi connectivity index (χ0n) is 19.9. The first-order valence-corrected chi connectivity index (χ1v) is 13.1. The number of nitrogens with one attached hydrogen (secondary N) is 1. The van der Waals surface area contributed by atoms with E-state index in [0.29, 0.717) is 22.9 Å². The van der Waals surface area contributed by atoms with E-state index in [4.69, 9.17) is 9.72 Å². The number of aromatic nitrogens is 1. The van der Waals surface area contributed by atoms with E-state index in [1.54, 1.807) is 0 Å². The fraction of sp³-hybridized carbons (Fsp3) is 0.138. The zero-order chi connectivity index (χ0) is 25.5. The third-order valence-electron chi connectivity index (χ3n) is 5.41. The number of nitriles is 1. The molecule has 1 unspecified atom stereocenters.